The summed E-state index contributed by atoms with van der Waals surface area (Å²) < 4.78 is 1.70. The lowest BCUT2D eigenvalue weighted by atomic mass is 9.73. The number of anilines is 1. The van der Waals surface area contributed by atoms with Crippen molar-refractivity contribution in [3.05, 3.63) is 75.5 Å². The fourth-order valence-electron chi connectivity index (χ4n) is 5.38. The Hall–Kier alpha value is -2.67. The summed E-state index contributed by atoms with van der Waals surface area (Å²) in [6.07, 6.45) is 6.78. The molecule has 4 aromatic rings. The number of piperidine rings is 1. The van der Waals surface area contributed by atoms with Gasteiger partial charge in [-0.1, -0.05) is 53.5 Å². The third kappa shape index (κ3) is 3.31. The van der Waals surface area contributed by atoms with Gasteiger partial charge in [-0.05, 0) is 54.4 Å². The normalized spacial score (nSPS) is 19.4. The van der Waals surface area contributed by atoms with Gasteiger partial charge in [-0.3, -0.25) is 0 Å². The number of aryl methyl sites for hydroxylation is 1. The SMILES string of the molecule is Cc1ccc(Cl)c(-n2cc3cnc(N4CCC5(CC4)Cc4ccccc4[C@H]5N)nc3n2)c1Cl. The summed E-state index contributed by atoms with van der Waals surface area (Å²) in [6.45, 7) is 3.70. The van der Waals surface area contributed by atoms with Gasteiger partial charge in [-0.2, -0.15) is 4.98 Å². The van der Waals surface area contributed by atoms with Gasteiger partial charge >= 0.3 is 0 Å². The molecule has 0 radical (unpaired) electrons. The Morgan fingerprint density at radius 1 is 1.09 bits per heavy atom. The molecular formula is C25H24Cl2N6. The van der Waals surface area contributed by atoms with Crippen molar-refractivity contribution in [2.24, 2.45) is 11.1 Å². The summed E-state index contributed by atoms with van der Waals surface area (Å²) >= 11 is 12.9. The minimum Gasteiger partial charge on any atom is -0.341 e. The van der Waals surface area contributed by atoms with E-state index >= 15 is 0 Å². The predicted octanol–water partition coefficient (Wildman–Crippen LogP) is 5.27. The topological polar surface area (TPSA) is 72.9 Å². The Morgan fingerprint density at radius 2 is 1.88 bits per heavy atom. The van der Waals surface area contributed by atoms with Crippen LogP contribution >= 0.6 is 23.2 Å². The van der Waals surface area contributed by atoms with E-state index in [1.54, 1.807) is 4.68 Å². The molecule has 3 heterocycles. The van der Waals surface area contributed by atoms with Gasteiger partial charge in [0.15, 0.2) is 5.65 Å². The summed E-state index contributed by atoms with van der Waals surface area (Å²) in [5, 5.41) is 6.63. The summed E-state index contributed by atoms with van der Waals surface area (Å²) in [4.78, 5) is 11.6. The van der Waals surface area contributed by atoms with Crippen LogP contribution in [0.1, 0.15) is 35.6 Å². The molecule has 0 bridgehead atoms. The van der Waals surface area contributed by atoms with Crippen molar-refractivity contribution in [2.45, 2.75) is 32.2 Å². The fraction of sp³-hybridized carbons (Fsp3) is 0.320. The van der Waals surface area contributed by atoms with E-state index < -0.39 is 0 Å². The van der Waals surface area contributed by atoms with Gasteiger partial charge in [-0.25, -0.2) is 9.67 Å². The molecule has 1 aliphatic heterocycles. The van der Waals surface area contributed by atoms with Crippen LogP contribution in [-0.2, 0) is 6.42 Å². The van der Waals surface area contributed by atoms with E-state index in [4.69, 9.17) is 33.9 Å². The molecule has 0 amide bonds. The predicted molar refractivity (Wildman–Crippen MR) is 132 cm³/mol. The van der Waals surface area contributed by atoms with Crippen LogP contribution < -0.4 is 10.6 Å². The number of fused-ring (bicyclic) bond motifs is 2. The Bertz CT molecular complexity index is 1370. The van der Waals surface area contributed by atoms with Crippen molar-refractivity contribution in [1.82, 2.24) is 19.7 Å². The number of hydrogen-bond donors (Lipinski definition) is 1. The summed E-state index contributed by atoms with van der Waals surface area (Å²) in [5.74, 6) is 0.702. The van der Waals surface area contributed by atoms with Gasteiger partial charge in [0, 0.05) is 31.5 Å². The Kier molecular flexibility index (Phi) is 4.87. The zero-order chi connectivity index (χ0) is 22.7. The molecule has 0 unspecified atom stereocenters. The maximum atomic E-state index is 6.72. The minimum atomic E-state index is 0.0961. The maximum absolute atomic E-state index is 6.72. The molecule has 1 aliphatic carbocycles. The molecule has 2 aromatic carbocycles. The first-order valence-electron chi connectivity index (χ1n) is 11.2. The van der Waals surface area contributed by atoms with Crippen LogP contribution in [0.4, 0.5) is 5.95 Å². The van der Waals surface area contributed by atoms with Crippen molar-refractivity contribution in [2.75, 3.05) is 18.0 Å². The standard InChI is InChI=1S/C25H24Cl2N6/c1-15-6-7-19(26)21(20(15)27)33-14-17-13-29-24(30-23(17)31-33)32-10-8-25(9-11-32)12-16-4-2-3-5-18(16)22(25)28/h2-7,13-14,22H,8-12,28H2,1H3/t22-/m1/s1. The third-order valence-electron chi connectivity index (χ3n) is 7.37. The van der Waals surface area contributed by atoms with Gasteiger partial charge in [0.1, 0.15) is 5.69 Å². The highest BCUT2D eigenvalue weighted by Crippen LogP contribution is 2.50. The first-order chi connectivity index (χ1) is 15.9. The van der Waals surface area contributed by atoms with Gasteiger partial charge in [-0.15, -0.1) is 5.10 Å². The molecule has 2 N–H and O–H groups in total. The van der Waals surface area contributed by atoms with Crippen LogP contribution in [-0.4, -0.2) is 32.8 Å². The van der Waals surface area contributed by atoms with Crippen LogP contribution in [0.15, 0.2) is 48.8 Å². The zero-order valence-corrected chi connectivity index (χ0v) is 19.8. The number of nitrogens with zero attached hydrogens (tertiary/aromatic N) is 5. The molecule has 168 valence electrons. The molecule has 8 heteroatoms. The van der Waals surface area contributed by atoms with Crippen LogP contribution in [0.5, 0.6) is 0 Å². The van der Waals surface area contributed by atoms with Gasteiger partial charge < -0.3 is 10.6 Å². The lowest BCUT2D eigenvalue weighted by Crippen LogP contribution is -2.44. The molecule has 1 fully saturated rings. The average molecular weight is 479 g/mol. The quantitative estimate of drug-likeness (QED) is 0.424. The van der Waals surface area contributed by atoms with E-state index in [-0.39, 0.29) is 11.5 Å². The van der Waals surface area contributed by atoms with Gasteiger partial charge in [0.25, 0.3) is 0 Å². The largest absolute Gasteiger partial charge is 0.341 e. The number of hydrogen-bond acceptors (Lipinski definition) is 5. The van der Waals surface area contributed by atoms with Crippen LogP contribution in [0, 0.1) is 12.3 Å². The smallest absolute Gasteiger partial charge is 0.227 e. The highest BCUT2D eigenvalue weighted by Gasteiger charge is 2.46. The monoisotopic (exact) mass is 478 g/mol. The molecule has 1 atom stereocenters. The van der Waals surface area contributed by atoms with E-state index in [1.165, 1.54) is 11.1 Å². The summed E-state index contributed by atoms with van der Waals surface area (Å²) in [6, 6.07) is 12.4. The van der Waals surface area contributed by atoms with Gasteiger partial charge in [0.05, 0.1) is 15.4 Å². The van der Waals surface area contributed by atoms with E-state index in [0.29, 0.717) is 27.3 Å². The second-order valence-electron chi connectivity index (χ2n) is 9.25. The lowest BCUT2D eigenvalue weighted by molar-refractivity contribution is 0.187. The van der Waals surface area contributed by atoms with Crippen molar-refractivity contribution in [1.29, 1.82) is 0 Å². The van der Waals surface area contributed by atoms with Gasteiger partial charge in [0.2, 0.25) is 5.95 Å². The summed E-state index contributed by atoms with van der Waals surface area (Å²) in [7, 11) is 0. The van der Waals surface area contributed by atoms with Crippen molar-refractivity contribution in [3.8, 4) is 5.69 Å². The number of halogens is 2. The Labute approximate surface area is 202 Å². The Morgan fingerprint density at radius 3 is 2.67 bits per heavy atom. The second kappa shape index (κ2) is 7.69. The van der Waals surface area contributed by atoms with Crippen LogP contribution in [0.2, 0.25) is 10.0 Å². The summed E-state index contributed by atoms with van der Waals surface area (Å²) in [5.41, 5.74) is 11.8. The van der Waals surface area contributed by atoms with Crippen LogP contribution in [0.25, 0.3) is 16.7 Å². The average Bonchev–Trinajstić information content (AvgIpc) is 3.36. The minimum absolute atomic E-state index is 0.0961. The van der Waals surface area contributed by atoms with Crippen molar-refractivity contribution < 1.29 is 0 Å². The highest BCUT2D eigenvalue weighted by molar-refractivity contribution is 6.38. The molecule has 6 nitrogen and oxygen atoms in total. The molecule has 0 saturated carbocycles. The second-order valence-corrected chi connectivity index (χ2v) is 10.0. The first-order valence-corrected chi connectivity index (χ1v) is 12.0. The van der Waals surface area contributed by atoms with E-state index in [9.17, 15) is 0 Å². The molecule has 2 aliphatic rings. The molecular weight excluding hydrogens is 455 g/mol. The highest BCUT2D eigenvalue weighted by atomic mass is 35.5. The number of benzene rings is 2. The van der Waals surface area contributed by atoms with E-state index in [2.05, 4.69) is 39.2 Å². The fourth-order valence-corrected chi connectivity index (χ4v) is 5.93. The molecule has 1 saturated heterocycles. The molecule has 6 rings (SSSR count). The first kappa shape index (κ1) is 20.9. The molecule has 2 aromatic heterocycles. The molecule has 33 heavy (non-hydrogen) atoms. The molecule has 1 spiro atoms. The number of aromatic nitrogens is 4. The Balaban J connectivity index is 1.26. The number of rotatable bonds is 2. The van der Waals surface area contributed by atoms with E-state index in [0.717, 1.165) is 43.3 Å². The zero-order valence-electron chi connectivity index (χ0n) is 18.3. The van der Waals surface area contributed by atoms with Crippen molar-refractivity contribution in [3.63, 3.8) is 0 Å². The van der Waals surface area contributed by atoms with Crippen LogP contribution in [0.3, 0.4) is 0 Å². The lowest BCUT2D eigenvalue weighted by Gasteiger charge is -2.42. The van der Waals surface area contributed by atoms with Crippen molar-refractivity contribution >= 4 is 40.2 Å². The van der Waals surface area contributed by atoms with E-state index in [1.807, 2.05) is 31.5 Å². The third-order valence-corrected chi connectivity index (χ3v) is 8.15. The number of nitrogens with two attached hydrogens (primary N) is 1. The maximum Gasteiger partial charge on any atom is 0.227 e.